The minimum Gasteiger partial charge on any atom is -0.472 e. The Morgan fingerprint density at radius 3 is 2.58 bits per heavy atom. The average molecular weight is 374 g/mol. The third-order valence-electron chi connectivity index (χ3n) is 5.64. The molecule has 2 fully saturated rings. The minimum atomic E-state index is -1.52. The molecule has 1 saturated carbocycles. The minimum absolute atomic E-state index is 0.0962. The van der Waals surface area contributed by atoms with E-state index in [9.17, 15) is 25.2 Å². The number of esters is 1. The first kappa shape index (κ1) is 19.5. The topological polar surface area (TPSA) is 135 Å². The molecular formula is C17H26O9. The van der Waals surface area contributed by atoms with Gasteiger partial charge in [0.1, 0.15) is 24.4 Å². The normalized spacial score (nSPS) is 45.5. The summed E-state index contributed by atoms with van der Waals surface area (Å²) in [6.07, 6.45) is -4.63. The predicted octanol–water partition coefficient (Wildman–Crippen LogP) is -1.12. The van der Waals surface area contributed by atoms with E-state index in [4.69, 9.17) is 18.9 Å². The molecule has 0 aromatic rings. The second-order valence-corrected chi connectivity index (χ2v) is 7.14. The molecule has 2 aliphatic heterocycles. The molecule has 2 heterocycles. The maximum absolute atomic E-state index is 12.0. The number of carbonyl (C=O) groups excluding carboxylic acids is 1. The van der Waals surface area contributed by atoms with Gasteiger partial charge in [-0.1, -0.05) is 6.92 Å². The van der Waals surface area contributed by atoms with Crippen molar-refractivity contribution < 1.29 is 44.2 Å². The summed E-state index contributed by atoms with van der Waals surface area (Å²) in [5.41, 5.74) is 0.454. The molecule has 0 spiro atoms. The van der Waals surface area contributed by atoms with E-state index < -0.39 is 49.6 Å². The zero-order valence-corrected chi connectivity index (χ0v) is 14.7. The third-order valence-corrected chi connectivity index (χ3v) is 5.64. The van der Waals surface area contributed by atoms with Crippen molar-refractivity contribution in [2.45, 2.75) is 56.8 Å². The van der Waals surface area contributed by atoms with E-state index in [2.05, 4.69) is 0 Å². The largest absolute Gasteiger partial charge is 0.472 e. The van der Waals surface area contributed by atoms with Crippen LogP contribution in [-0.4, -0.2) is 77.1 Å². The zero-order chi connectivity index (χ0) is 19.0. The number of fused-ring (bicyclic) bond motifs is 1. The van der Waals surface area contributed by atoms with Crippen LogP contribution >= 0.6 is 0 Å². The van der Waals surface area contributed by atoms with E-state index in [0.717, 1.165) is 12.8 Å². The lowest BCUT2D eigenvalue weighted by atomic mass is 9.83. The van der Waals surface area contributed by atoms with Gasteiger partial charge in [0.15, 0.2) is 6.29 Å². The van der Waals surface area contributed by atoms with Crippen molar-refractivity contribution in [2.75, 3.05) is 13.7 Å². The van der Waals surface area contributed by atoms with Crippen LogP contribution in [0, 0.1) is 17.8 Å². The summed E-state index contributed by atoms with van der Waals surface area (Å²) in [6, 6.07) is 0. The maximum Gasteiger partial charge on any atom is 0.337 e. The van der Waals surface area contributed by atoms with Crippen molar-refractivity contribution in [2.24, 2.45) is 17.8 Å². The van der Waals surface area contributed by atoms with E-state index in [1.807, 2.05) is 6.92 Å². The molecule has 4 N–H and O–H groups in total. The van der Waals surface area contributed by atoms with Gasteiger partial charge >= 0.3 is 5.97 Å². The van der Waals surface area contributed by atoms with Gasteiger partial charge in [0, 0.05) is 11.8 Å². The molecule has 9 heteroatoms. The molecule has 9 nitrogen and oxygen atoms in total. The van der Waals surface area contributed by atoms with Crippen LogP contribution in [0.1, 0.15) is 19.8 Å². The molecule has 3 aliphatic rings. The van der Waals surface area contributed by atoms with Crippen molar-refractivity contribution in [1.82, 2.24) is 0 Å². The van der Waals surface area contributed by atoms with Gasteiger partial charge < -0.3 is 39.4 Å². The van der Waals surface area contributed by atoms with Crippen LogP contribution in [0.15, 0.2) is 11.8 Å². The molecular weight excluding hydrogens is 348 g/mol. The number of hydrogen-bond acceptors (Lipinski definition) is 9. The van der Waals surface area contributed by atoms with Crippen molar-refractivity contribution >= 4 is 5.97 Å². The second kappa shape index (κ2) is 7.79. The van der Waals surface area contributed by atoms with Gasteiger partial charge in [-0.2, -0.15) is 0 Å². The zero-order valence-electron chi connectivity index (χ0n) is 14.7. The lowest BCUT2D eigenvalue weighted by Gasteiger charge is -2.43. The quantitative estimate of drug-likeness (QED) is 0.451. The first-order valence-corrected chi connectivity index (χ1v) is 8.78. The Labute approximate surface area is 151 Å². The molecule has 3 rings (SSSR count). The third kappa shape index (κ3) is 3.35. The summed E-state index contributed by atoms with van der Waals surface area (Å²) >= 11 is 0. The molecule has 0 bridgehead atoms. The molecule has 148 valence electrons. The second-order valence-electron chi connectivity index (χ2n) is 7.14. The molecule has 26 heavy (non-hydrogen) atoms. The first-order chi connectivity index (χ1) is 12.4. The molecule has 1 saturated heterocycles. The van der Waals surface area contributed by atoms with Crippen molar-refractivity contribution in [3.05, 3.63) is 11.8 Å². The molecule has 1 aliphatic carbocycles. The van der Waals surface area contributed by atoms with Gasteiger partial charge in [0.25, 0.3) is 0 Å². The molecule has 0 amide bonds. The van der Waals surface area contributed by atoms with Crippen molar-refractivity contribution in [3.63, 3.8) is 0 Å². The molecule has 0 radical (unpaired) electrons. The van der Waals surface area contributed by atoms with Crippen molar-refractivity contribution in [3.8, 4) is 0 Å². The standard InChI is InChI=1S/C17H26O9/c1-7-3-4-8-9(15(22)23-2)6-24-16(11(7)8)26-17-14(21)13(20)12(19)10(5-18)25-17/h6-8,10-14,16-21H,3-5H2,1-2H3/t7-,8+,10-,11+,12-,13+,14-,16-,17+/m0/s1. The van der Waals surface area contributed by atoms with Crippen LogP contribution in [0.2, 0.25) is 0 Å². The van der Waals surface area contributed by atoms with Gasteiger partial charge in [-0.05, 0) is 18.8 Å². The van der Waals surface area contributed by atoms with Crippen LogP contribution in [0.5, 0.6) is 0 Å². The fraction of sp³-hybridized carbons (Fsp3) is 0.824. The number of rotatable bonds is 4. The lowest BCUT2D eigenvalue weighted by molar-refractivity contribution is -0.342. The fourth-order valence-corrected chi connectivity index (χ4v) is 4.12. The number of ether oxygens (including phenoxy) is 4. The highest BCUT2D eigenvalue weighted by atomic mass is 16.8. The van der Waals surface area contributed by atoms with Crippen LogP contribution in [-0.2, 0) is 23.7 Å². The predicted molar refractivity (Wildman–Crippen MR) is 85.2 cm³/mol. The SMILES string of the molecule is COC(=O)C1=CO[C@@H](O[C@H]2O[C@@H](CO)[C@H](O)[C@@H](O)[C@@H]2O)[C@H]2[C@@H]1CC[C@@H]2C. The summed E-state index contributed by atoms with van der Waals surface area (Å²) in [6.45, 7) is 1.49. The molecule has 0 unspecified atom stereocenters. The van der Waals surface area contributed by atoms with Crippen LogP contribution in [0.3, 0.4) is 0 Å². The number of methoxy groups -OCH3 is 1. The summed E-state index contributed by atoms with van der Waals surface area (Å²) in [5, 5.41) is 39.2. The molecule has 9 atom stereocenters. The first-order valence-electron chi connectivity index (χ1n) is 8.78. The number of aliphatic hydroxyl groups is 4. The number of carbonyl (C=O) groups is 1. The summed E-state index contributed by atoms with van der Waals surface area (Å²) in [4.78, 5) is 12.0. The van der Waals surface area contributed by atoms with E-state index in [1.165, 1.54) is 13.4 Å². The average Bonchev–Trinajstić information content (AvgIpc) is 3.04. The van der Waals surface area contributed by atoms with Gasteiger partial charge in [0.2, 0.25) is 6.29 Å². The van der Waals surface area contributed by atoms with E-state index in [1.54, 1.807) is 0 Å². The summed E-state index contributed by atoms with van der Waals surface area (Å²) in [5.74, 6) is -0.494. The Kier molecular flexibility index (Phi) is 5.85. The van der Waals surface area contributed by atoms with Crippen molar-refractivity contribution in [1.29, 1.82) is 0 Å². The Balaban J connectivity index is 1.77. The summed E-state index contributed by atoms with van der Waals surface area (Å²) in [7, 11) is 1.31. The maximum atomic E-state index is 12.0. The highest BCUT2D eigenvalue weighted by Crippen LogP contribution is 2.47. The number of aliphatic hydroxyl groups excluding tert-OH is 4. The van der Waals surface area contributed by atoms with Gasteiger partial charge in [-0.3, -0.25) is 0 Å². The molecule has 0 aromatic carbocycles. The summed E-state index contributed by atoms with van der Waals surface area (Å²) < 4.78 is 21.6. The number of hydrogen-bond donors (Lipinski definition) is 4. The Morgan fingerprint density at radius 1 is 1.19 bits per heavy atom. The molecule has 0 aromatic heterocycles. The van der Waals surface area contributed by atoms with Crippen LogP contribution in [0.25, 0.3) is 0 Å². The van der Waals surface area contributed by atoms with Crippen LogP contribution in [0.4, 0.5) is 0 Å². The van der Waals surface area contributed by atoms with Gasteiger partial charge in [0.05, 0.1) is 25.6 Å². The Bertz CT molecular complexity index is 548. The Hall–Kier alpha value is -1.23. The smallest absolute Gasteiger partial charge is 0.337 e. The van der Waals surface area contributed by atoms with E-state index in [-0.39, 0.29) is 17.8 Å². The van der Waals surface area contributed by atoms with Gasteiger partial charge in [-0.25, -0.2) is 4.79 Å². The van der Waals surface area contributed by atoms with E-state index in [0.29, 0.717) is 5.57 Å². The van der Waals surface area contributed by atoms with E-state index >= 15 is 0 Å². The fourth-order valence-electron chi connectivity index (χ4n) is 4.12. The highest BCUT2D eigenvalue weighted by molar-refractivity contribution is 5.89. The van der Waals surface area contributed by atoms with Gasteiger partial charge in [-0.15, -0.1) is 0 Å². The lowest BCUT2D eigenvalue weighted by Crippen LogP contribution is -2.60. The monoisotopic (exact) mass is 374 g/mol. The Morgan fingerprint density at radius 2 is 1.92 bits per heavy atom. The van der Waals surface area contributed by atoms with Crippen LogP contribution < -0.4 is 0 Å². The highest BCUT2D eigenvalue weighted by Gasteiger charge is 2.50.